The third-order valence-corrected chi connectivity index (χ3v) is 2.91. The van der Waals surface area contributed by atoms with Crippen LogP contribution in [-0.2, 0) is 9.59 Å². The number of amides is 2. The first-order valence-corrected chi connectivity index (χ1v) is 6.91. The molecule has 0 aliphatic carbocycles. The Morgan fingerprint density at radius 1 is 1.00 bits per heavy atom. The fraction of sp³-hybridized carbons (Fsp3) is 0.600. The maximum Gasteiger partial charge on any atom is 0.236 e. The van der Waals surface area contributed by atoms with Crippen molar-refractivity contribution in [2.75, 3.05) is 13.1 Å². The van der Waals surface area contributed by atoms with Crippen LogP contribution in [0.1, 0.15) is 40.0 Å². The van der Waals surface area contributed by atoms with Crippen LogP contribution in [0.2, 0.25) is 0 Å². The summed E-state index contributed by atoms with van der Waals surface area (Å²) in [5.74, 6) is -0.469. The monoisotopic (exact) mass is 266 g/mol. The van der Waals surface area contributed by atoms with Crippen LogP contribution in [0.4, 0.5) is 0 Å². The van der Waals surface area contributed by atoms with Gasteiger partial charge in [-0.15, -0.1) is 6.58 Å². The van der Waals surface area contributed by atoms with Gasteiger partial charge in [0.2, 0.25) is 11.8 Å². The van der Waals surface area contributed by atoms with Crippen molar-refractivity contribution in [3.8, 4) is 0 Å². The van der Waals surface area contributed by atoms with Crippen molar-refractivity contribution in [1.82, 2.24) is 10.6 Å². The number of rotatable bonds is 9. The molecule has 0 atom stereocenters. The molecule has 0 fully saturated rings. The van der Waals surface area contributed by atoms with Crippen molar-refractivity contribution in [3.63, 3.8) is 0 Å². The quantitative estimate of drug-likeness (QED) is 0.496. The van der Waals surface area contributed by atoms with Crippen molar-refractivity contribution in [2.45, 2.75) is 40.0 Å². The van der Waals surface area contributed by atoms with Gasteiger partial charge in [-0.25, -0.2) is 0 Å². The average molecular weight is 266 g/mol. The summed E-state index contributed by atoms with van der Waals surface area (Å²) >= 11 is 0. The predicted octanol–water partition coefficient (Wildman–Crippen LogP) is 2.18. The minimum Gasteiger partial charge on any atom is -0.355 e. The van der Waals surface area contributed by atoms with Crippen molar-refractivity contribution in [2.24, 2.45) is 5.41 Å². The molecule has 19 heavy (non-hydrogen) atoms. The molecule has 0 aromatic carbocycles. The number of hydrogen-bond donors (Lipinski definition) is 2. The Kier molecular flexibility index (Phi) is 8.58. The first kappa shape index (κ1) is 17.4. The number of nitrogens with one attached hydrogen (secondary N) is 2. The Bertz CT molecular complexity index is 317. The average Bonchev–Trinajstić information content (AvgIpc) is 2.38. The van der Waals surface area contributed by atoms with E-state index in [4.69, 9.17) is 0 Å². The highest BCUT2D eigenvalue weighted by molar-refractivity contribution is 6.05. The summed E-state index contributed by atoms with van der Waals surface area (Å²) in [7, 11) is 0. The molecule has 4 nitrogen and oxygen atoms in total. The van der Waals surface area contributed by atoms with Gasteiger partial charge in [-0.3, -0.25) is 9.59 Å². The lowest BCUT2D eigenvalue weighted by Gasteiger charge is -2.29. The van der Waals surface area contributed by atoms with E-state index in [-0.39, 0.29) is 11.8 Å². The second kappa shape index (κ2) is 9.36. The third kappa shape index (κ3) is 4.89. The Hall–Kier alpha value is -1.58. The highest BCUT2D eigenvalue weighted by atomic mass is 16.2. The lowest BCUT2D eigenvalue weighted by molar-refractivity contribution is -0.143. The molecule has 0 aliphatic heterocycles. The van der Waals surface area contributed by atoms with Gasteiger partial charge < -0.3 is 10.6 Å². The lowest BCUT2D eigenvalue weighted by atomic mass is 9.78. The van der Waals surface area contributed by atoms with Crippen LogP contribution in [0.3, 0.4) is 0 Å². The molecule has 0 aliphatic rings. The van der Waals surface area contributed by atoms with Crippen molar-refractivity contribution < 1.29 is 9.59 Å². The zero-order valence-corrected chi connectivity index (χ0v) is 12.3. The molecule has 0 unspecified atom stereocenters. The molecule has 0 heterocycles. The lowest BCUT2D eigenvalue weighted by Crippen LogP contribution is -2.51. The third-order valence-electron chi connectivity index (χ3n) is 2.91. The van der Waals surface area contributed by atoms with Gasteiger partial charge >= 0.3 is 0 Å². The summed E-state index contributed by atoms with van der Waals surface area (Å²) < 4.78 is 0. The summed E-state index contributed by atoms with van der Waals surface area (Å²) in [5, 5.41) is 5.51. The minimum absolute atomic E-state index is 0.235. The maximum atomic E-state index is 12.3. The molecule has 2 N–H and O–H groups in total. The van der Waals surface area contributed by atoms with Gasteiger partial charge in [0.25, 0.3) is 0 Å². The number of carbonyl (C=O) groups is 2. The number of allylic oxidation sites excluding steroid dienone is 3. The van der Waals surface area contributed by atoms with Gasteiger partial charge in [0.1, 0.15) is 5.41 Å². The normalized spacial score (nSPS) is 11.3. The van der Waals surface area contributed by atoms with Gasteiger partial charge in [0.15, 0.2) is 0 Å². The highest BCUT2D eigenvalue weighted by Crippen LogP contribution is 2.29. The van der Waals surface area contributed by atoms with Crippen LogP contribution < -0.4 is 10.6 Å². The first-order valence-electron chi connectivity index (χ1n) is 6.91. The minimum atomic E-state index is -1.08. The molecule has 108 valence electrons. The predicted molar refractivity (Wildman–Crippen MR) is 78.7 cm³/mol. The van der Waals surface area contributed by atoms with Crippen LogP contribution in [0.5, 0.6) is 0 Å². The summed E-state index contributed by atoms with van der Waals surface area (Å²) in [4.78, 5) is 24.6. The molecule has 0 aromatic heterocycles. The smallest absolute Gasteiger partial charge is 0.236 e. The Morgan fingerprint density at radius 3 is 1.89 bits per heavy atom. The van der Waals surface area contributed by atoms with Crippen LogP contribution in [0, 0.1) is 5.41 Å². The molecule has 0 saturated carbocycles. The Balaban J connectivity index is 5.31. The molecule has 4 heteroatoms. The van der Waals surface area contributed by atoms with Crippen molar-refractivity contribution >= 4 is 11.8 Å². The van der Waals surface area contributed by atoms with E-state index in [0.29, 0.717) is 25.9 Å². The van der Waals surface area contributed by atoms with Gasteiger partial charge in [0.05, 0.1) is 0 Å². The number of carbonyl (C=O) groups excluding carboxylic acids is 2. The van der Waals surface area contributed by atoms with Crippen LogP contribution in [0.25, 0.3) is 0 Å². The van der Waals surface area contributed by atoms with E-state index in [1.54, 1.807) is 6.08 Å². The summed E-state index contributed by atoms with van der Waals surface area (Å²) in [5.41, 5.74) is -1.08. The van der Waals surface area contributed by atoms with Gasteiger partial charge in [0, 0.05) is 13.1 Å². The van der Waals surface area contributed by atoms with E-state index < -0.39 is 5.41 Å². The van der Waals surface area contributed by atoms with Crippen molar-refractivity contribution in [3.05, 3.63) is 24.8 Å². The largest absolute Gasteiger partial charge is 0.355 e. The van der Waals surface area contributed by atoms with Crippen LogP contribution in [-0.4, -0.2) is 24.9 Å². The van der Waals surface area contributed by atoms with E-state index in [0.717, 1.165) is 6.42 Å². The summed E-state index contributed by atoms with van der Waals surface area (Å²) in [6, 6.07) is 0. The molecule has 0 saturated heterocycles. The van der Waals surface area contributed by atoms with E-state index in [2.05, 4.69) is 17.2 Å². The molecule has 2 amide bonds. The fourth-order valence-corrected chi connectivity index (χ4v) is 1.91. The topological polar surface area (TPSA) is 58.2 Å². The van der Waals surface area contributed by atoms with E-state index in [9.17, 15) is 9.59 Å². The van der Waals surface area contributed by atoms with E-state index >= 15 is 0 Å². The van der Waals surface area contributed by atoms with Crippen LogP contribution >= 0.6 is 0 Å². The highest BCUT2D eigenvalue weighted by Gasteiger charge is 2.43. The molecule has 0 radical (unpaired) electrons. The Morgan fingerprint density at radius 2 is 1.53 bits per heavy atom. The van der Waals surface area contributed by atoms with Gasteiger partial charge in [-0.1, -0.05) is 25.2 Å². The van der Waals surface area contributed by atoms with Crippen LogP contribution in [0.15, 0.2) is 24.8 Å². The second-order valence-electron chi connectivity index (χ2n) is 4.38. The maximum absolute atomic E-state index is 12.3. The standard InChI is InChI=1S/C15H26N2O2/c1-5-9-10-12-15(11-6-2,13(18)16-7-3)14(19)17-8-4/h6,9-10H,2,5,7-8,11-12H2,1,3-4H3,(H,16,18)(H,17,19). The summed E-state index contributed by atoms with van der Waals surface area (Å²) in [6.07, 6.45) is 7.10. The van der Waals surface area contributed by atoms with Gasteiger partial charge in [-0.2, -0.15) is 0 Å². The zero-order valence-electron chi connectivity index (χ0n) is 12.3. The van der Waals surface area contributed by atoms with E-state index in [1.165, 1.54) is 0 Å². The van der Waals surface area contributed by atoms with Crippen molar-refractivity contribution in [1.29, 1.82) is 0 Å². The number of hydrogen-bond acceptors (Lipinski definition) is 2. The van der Waals surface area contributed by atoms with E-state index in [1.807, 2.05) is 32.9 Å². The zero-order chi connectivity index (χ0) is 14.7. The van der Waals surface area contributed by atoms with Gasteiger partial charge in [-0.05, 0) is 33.1 Å². The molecular formula is C15H26N2O2. The first-order chi connectivity index (χ1) is 9.08. The molecular weight excluding hydrogens is 240 g/mol. The molecule has 0 spiro atoms. The fourth-order valence-electron chi connectivity index (χ4n) is 1.91. The molecule has 0 bridgehead atoms. The Labute approximate surface area is 116 Å². The molecule has 0 aromatic rings. The summed E-state index contributed by atoms with van der Waals surface area (Å²) in [6.45, 7) is 10.4. The molecule has 0 rings (SSSR count). The SMILES string of the molecule is C=CCC(CC=CCC)(C(=O)NCC)C(=O)NCC. The second-order valence-corrected chi connectivity index (χ2v) is 4.38.